The molecule has 3 rings (SSSR count). The van der Waals surface area contributed by atoms with Gasteiger partial charge in [-0.25, -0.2) is 0 Å². The number of non-ortho nitro benzene ring substituents is 2. The molecule has 1 amide bonds. The fourth-order valence-electron chi connectivity index (χ4n) is 2.55. The molecule has 31 heavy (non-hydrogen) atoms. The number of rotatable bonds is 9. The quantitative estimate of drug-likeness (QED) is 0.333. The third-order valence-electron chi connectivity index (χ3n) is 4.07. The number of anilines is 1. The van der Waals surface area contributed by atoms with Crippen LogP contribution in [0.25, 0.3) is 0 Å². The summed E-state index contributed by atoms with van der Waals surface area (Å²) in [6.07, 6.45) is 0. The van der Waals surface area contributed by atoms with E-state index in [2.05, 4.69) is 5.32 Å². The molecule has 0 aliphatic carbocycles. The molecule has 0 fully saturated rings. The molecule has 158 valence electrons. The number of amides is 1. The van der Waals surface area contributed by atoms with Gasteiger partial charge in [-0.2, -0.15) is 0 Å². The van der Waals surface area contributed by atoms with Crippen LogP contribution < -0.4 is 5.32 Å². The molecule has 0 aromatic heterocycles. The molecule has 0 saturated carbocycles. The number of hydrogen-bond donors (Lipinski definition) is 1. The molecule has 10 heteroatoms. The second kappa shape index (κ2) is 10.6. The first-order valence-electron chi connectivity index (χ1n) is 9.04. The lowest BCUT2D eigenvalue weighted by molar-refractivity contribution is -0.385. The molecule has 0 unspecified atom stereocenters. The number of carbonyl (C=O) groups is 1. The maximum absolute atomic E-state index is 12.1. The maximum atomic E-state index is 12.1. The van der Waals surface area contributed by atoms with Crippen LogP contribution in [0.4, 0.5) is 17.1 Å². The van der Waals surface area contributed by atoms with Crippen LogP contribution in [0.15, 0.2) is 82.6 Å². The van der Waals surface area contributed by atoms with Gasteiger partial charge in [-0.15, -0.1) is 11.8 Å². The molecule has 1 N–H and O–H groups in total. The van der Waals surface area contributed by atoms with Crippen LogP contribution in [0.1, 0.15) is 5.56 Å². The zero-order valence-electron chi connectivity index (χ0n) is 16.1. The van der Waals surface area contributed by atoms with Crippen LogP contribution in [-0.4, -0.2) is 21.5 Å². The van der Waals surface area contributed by atoms with Crippen molar-refractivity contribution in [3.63, 3.8) is 0 Å². The minimum absolute atomic E-state index is 0.0432. The van der Waals surface area contributed by atoms with Crippen molar-refractivity contribution in [1.82, 2.24) is 0 Å². The lowest BCUT2D eigenvalue weighted by Gasteiger charge is -2.07. The number of thioether (sulfide) groups is 1. The number of nitro groups is 2. The summed E-state index contributed by atoms with van der Waals surface area (Å²) < 4.78 is 0. The van der Waals surface area contributed by atoms with Crippen molar-refractivity contribution in [3.8, 4) is 0 Å². The molecule has 0 aliphatic rings. The van der Waals surface area contributed by atoms with Gasteiger partial charge in [-0.05, 0) is 42.0 Å². The third-order valence-corrected chi connectivity index (χ3v) is 6.09. The predicted octanol–water partition coefficient (Wildman–Crippen LogP) is 5.53. The van der Waals surface area contributed by atoms with Crippen LogP contribution in [0, 0.1) is 20.2 Å². The normalized spacial score (nSPS) is 10.5. The Labute approximate surface area is 186 Å². The molecule has 3 aromatic rings. The zero-order valence-corrected chi connectivity index (χ0v) is 17.7. The van der Waals surface area contributed by atoms with E-state index >= 15 is 0 Å². The molecule has 0 saturated heterocycles. The largest absolute Gasteiger partial charge is 0.325 e. The highest BCUT2D eigenvalue weighted by Gasteiger charge is 2.07. The Kier molecular flexibility index (Phi) is 7.63. The van der Waals surface area contributed by atoms with Gasteiger partial charge in [0.05, 0.1) is 15.6 Å². The van der Waals surface area contributed by atoms with Gasteiger partial charge < -0.3 is 5.32 Å². The van der Waals surface area contributed by atoms with Crippen LogP contribution in [0.3, 0.4) is 0 Å². The third kappa shape index (κ3) is 6.83. The highest BCUT2D eigenvalue weighted by molar-refractivity contribution is 7.99. The lowest BCUT2D eigenvalue weighted by Crippen LogP contribution is -2.14. The standard InChI is InChI=1S/C21H17N3O5S2/c25-21(14-30-13-15-1-5-17(6-2-15)23(26)27)22-16-3-9-19(10-4-16)31-20-11-7-18(8-12-20)24(28)29/h1-12H,13-14H2,(H,22,25). The predicted molar refractivity (Wildman–Crippen MR) is 122 cm³/mol. The van der Waals surface area contributed by atoms with Gasteiger partial charge in [0, 0.05) is 45.5 Å². The molecule has 3 aromatic carbocycles. The molecule has 0 bridgehead atoms. The number of hydrogen-bond acceptors (Lipinski definition) is 7. The second-order valence-electron chi connectivity index (χ2n) is 6.34. The van der Waals surface area contributed by atoms with Crippen LogP contribution in [0.2, 0.25) is 0 Å². The zero-order chi connectivity index (χ0) is 22.2. The first-order valence-corrected chi connectivity index (χ1v) is 11.0. The Balaban J connectivity index is 1.45. The summed E-state index contributed by atoms with van der Waals surface area (Å²) in [5.74, 6) is 0.703. The van der Waals surface area contributed by atoms with E-state index in [0.29, 0.717) is 11.4 Å². The Hall–Kier alpha value is -3.37. The van der Waals surface area contributed by atoms with Gasteiger partial charge in [0.1, 0.15) is 0 Å². The summed E-state index contributed by atoms with van der Waals surface area (Å²) in [6, 6.07) is 19.9. The van der Waals surface area contributed by atoms with Crippen molar-refractivity contribution < 1.29 is 14.6 Å². The van der Waals surface area contributed by atoms with Gasteiger partial charge in [0.25, 0.3) is 11.4 Å². The minimum atomic E-state index is -0.444. The van der Waals surface area contributed by atoms with Gasteiger partial charge in [-0.3, -0.25) is 25.0 Å². The summed E-state index contributed by atoms with van der Waals surface area (Å²) in [4.78, 5) is 34.4. The average molecular weight is 456 g/mol. The van der Waals surface area contributed by atoms with E-state index in [1.807, 2.05) is 12.1 Å². The highest BCUT2D eigenvalue weighted by Crippen LogP contribution is 2.29. The second-order valence-corrected chi connectivity index (χ2v) is 8.47. The Bertz CT molecular complexity index is 1070. The smallest absolute Gasteiger partial charge is 0.269 e. The number of nitrogens with zero attached hydrogens (tertiary/aromatic N) is 2. The van der Waals surface area contributed by atoms with E-state index in [1.165, 1.54) is 47.8 Å². The molecule has 8 nitrogen and oxygen atoms in total. The van der Waals surface area contributed by atoms with Gasteiger partial charge >= 0.3 is 0 Å². The average Bonchev–Trinajstić information content (AvgIpc) is 2.76. The fourth-order valence-corrected chi connectivity index (χ4v) is 4.16. The van der Waals surface area contributed by atoms with E-state index in [-0.39, 0.29) is 23.0 Å². The topological polar surface area (TPSA) is 115 Å². The van der Waals surface area contributed by atoms with E-state index in [0.717, 1.165) is 15.4 Å². The van der Waals surface area contributed by atoms with Crippen molar-refractivity contribution in [2.24, 2.45) is 0 Å². The van der Waals surface area contributed by atoms with Crippen LogP contribution in [-0.2, 0) is 10.5 Å². The summed E-state index contributed by atoms with van der Waals surface area (Å²) in [7, 11) is 0. The minimum Gasteiger partial charge on any atom is -0.325 e. The number of nitrogens with one attached hydrogen (secondary N) is 1. The first kappa shape index (κ1) is 22.3. The number of benzene rings is 3. The molecular weight excluding hydrogens is 438 g/mol. The van der Waals surface area contributed by atoms with E-state index in [4.69, 9.17) is 0 Å². The lowest BCUT2D eigenvalue weighted by atomic mass is 10.2. The Morgan fingerprint density at radius 3 is 1.77 bits per heavy atom. The molecule has 0 atom stereocenters. The van der Waals surface area contributed by atoms with E-state index < -0.39 is 9.85 Å². The Morgan fingerprint density at radius 2 is 1.26 bits per heavy atom. The van der Waals surface area contributed by atoms with Crippen molar-refractivity contribution in [3.05, 3.63) is 98.6 Å². The SMILES string of the molecule is O=C(CSCc1ccc([N+](=O)[O-])cc1)Nc1ccc(Sc2ccc([N+](=O)[O-])cc2)cc1. The summed E-state index contributed by atoms with van der Waals surface area (Å²) in [5.41, 5.74) is 1.68. The van der Waals surface area contributed by atoms with Gasteiger partial charge in [-0.1, -0.05) is 23.9 Å². The first-order chi connectivity index (χ1) is 14.9. The van der Waals surface area contributed by atoms with Crippen molar-refractivity contribution in [1.29, 1.82) is 0 Å². The molecule has 0 aliphatic heterocycles. The monoisotopic (exact) mass is 455 g/mol. The van der Waals surface area contributed by atoms with Crippen LogP contribution in [0.5, 0.6) is 0 Å². The molecule has 0 spiro atoms. The van der Waals surface area contributed by atoms with Crippen molar-refractivity contribution >= 4 is 46.5 Å². The fraction of sp³-hybridized carbons (Fsp3) is 0.0952. The molecule has 0 heterocycles. The van der Waals surface area contributed by atoms with E-state index in [1.54, 1.807) is 36.4 Å². The van der Waals surface area contributed by atoms with E-state index in [9.17, 15) is 25.0 Å². The highest BCUT2D eigenvalue weighted by atomic mass is 32.2. The van der Waals surface area contributed by atoms with Crippen molar-refractivity contribution in [2.45, 2.75) is 15.5 Å². The number of nitro benzene ring substituents is 2. The Morgan fingerprint density at radius 1 is 0.774 bits per heavy atom. The molecular formula is C21H17N3O5S2. The number of carbonyl (C=O) groups excluding carboxylic acids is 1. The van der Waals surface area contributed by atoms with Gasteiger partial charge in [0.15, 0.2) is 0 Å². The summed E-state index contributed by atoms with van der Waals surface area (Å²) in [6.45, 7) is 0. The van der Waals surface area contributed by atoms with Crippen LogP contribution >= 0.6 is 23.5 Å². The summed E-state index contributed by atoms with van der Waals surface area (Å²) in [5, 5.41) is 24.2. The summed E-state index contributed by atoms with van der Waals surface area (Å²) >= 11 is 2.89. The van der Waals surface area contributed by atoms with Crippen molar-refractivity contribution in [2.75, 3.05) is 11.1 Å². The maximum Gasteiger partial charge on any atom is 0.269 e. The van der Waals surface area contributed by atoms with Gasteiger partial charge in [0.2, 0.25) is 5.91 Å². The molecule has 0 radical (unpaired) electrons.